The molecule has 1 aromatic carbocycles. The molecule has 2 fully saturated rings. The third-order valence-corrected chi connectivity index (χ3v) is 6.94. The predicted molar refractivity (Wildman–Crippen MR) is 99.2 cm³/mol. The zero-order valence-electron chi connectivity index (χ0n) is 15.4. The summed E-state index contributed by atoms with van der Waals surface area (Å²) in [5, 5.41) is 0. The van der Waals surface area contributed by atoms with E-state index >= 15 is 0 Å². The van der Waals surface area contributed by atoms with Crippen LogP contribution < -0.4 is 4.90 Å². The molecule has 2 aliphatic heterocycles. The fourth-order valence-electron chi connectivity index (χ4n) is 5.29. The van der Waals surface area contributed by atoms with Gasteiger partial charge in [0.15, 0.2) is 0 Å². The molecule has 1 saturated carbocycles. The van der Waals surface area contributed by atoms with Gasteiger partial charge in [0, 0.05) is 12.5 Å². The Bertz CT molecular complexity index is 698. The van der Waals surface area contributed by atoms with Gasteiger partial charge in [-0.15, -0.1) is 0 Å². The topological polar surface area (TPSA) is 40.6 Å². The van der Waals surface area contributed by atoms with Gasteiger partial charge in [-0.2, -0.15) is 0 Å². The largest absolute Gasteiger partial charge is 0.308 e. The third-order valence-electron chi connectivity index (χ3n) is 6.94. The number of carbonyl (C=O) groups excluding carboxylic acids is 2. The molecule has 1 aromatic rings. The Hall–Kier alpha value is -1.68. The molecule has 2 heterocycles. The van der Waals surface area contributed by atoms with E-state index in [2.05, 4.69) is 24.1 Å². The number of carbonyl (C=O) groups is 2. The van der Waals surface area contributed by atoms with Gasteiger partial charge in [0.2, 0.25) is 0 Å². The first-order valence-corrected chi connectivity index (χ1v) is 9.68. The summed E-state index contributed by atoms with van der Waals surface area (Å²) in [5.74, 6) is -0.0347. The van der Waals surface area contributed by atoms with E-state index in [-0.39, 0.29) is 11.2 Å². The van der Waals surface area contributed by atoms with Crippen LogP contribution in [0.15, 0.2) is 18.2 Å². The number of ketones is 1. The van der Waals surface area contributed by atoms with Crippen LogP contribution in [-0.2, 0) is 10.2 Å². The van der Waals surface area contributed by atoms with E-state index in [1.807, 2.05) is 6.07 Å². The molecule has 0 atom stereocenters. The average molecular weight is 340 g/mol. The second kappa shape index (κ2) is 6.24. The van der Waals surface area contributed by atoms with Crippen LogP contribution in [0.1, 0.15) is 60.9 Å². The molecule has 4 rings (SSSR count). The van der Waals surface area contributed by atoms with Crippen LogP contribution in [0, 0.1) is 5.92 Å². The highest BCUT2D eigenvalue weighted by Gasteiger charge is 2.44. The van der Waals surface area contributed by atoms with Crippen LogP contribution in [0.2, 0.25) is 0 Å². The highest BCUT2D eigenvalue weighted by atomic mass is 16.2. The Labute approximate surface area is 150 Å². The fourth-order valence-corrected chi connectivity index (χ4v) is 5.29. The molecular formula is C21H28N2O2. The van der Waals surface area contributed by atoms with Gasteiger partial charge in [-0.25, -0.2) is 0 Å². The molecule has 0 spiro atoms. The molecule has 3 aliphatic rings. The summed E-state index contributed by atoms with van der Waals surface area (Å²) in [5.41, 5.74) is 2.93. The molecule has 0 N–H and O–H groups in total. The monoisotopic (exact) mass is 340 g/mol. The van der Waals surface area contributed by atoms with Gasteiger partial charge >= 0.3 is 0 Å². The number of amides is 1. The summed E-state index contributed by atoms with van der Waals surface area (Å²) in [4.78, 5) is 28.1. The van der Waals surface area contributed by atoms with Crippen LogP contribution in [0.25, 0.3) is 0 Å². The van der Waals surface area contributed by atoms with Crippen LogP contribution in [0.4, 0.5) is 5.69 Å². The summed E-state index contributed by atoms with van der Waals surface area (Å²) in [6.07, 6.45) is 9.02. The number of nitrogens with zero attached hydrogens (tertiary/aromatic N) is 2. The Kier molecular flexibility index (Phi) is 4.19. The van der Waals surface area contributed by atoms with Crippen molar-refractivity contribution in [1.82, 2.24) is 4.90 Å². The van der Waals surface area contributed by atoms with E-state index in [4.69, 9.17) is 0 Å². The standard InChI is InChI=1S/C21H28N2O2/c1-22-12-10-21(11-13-22,15-6-4-3-5-7-15)16-8-9-17-18(14-16)23(2)20(25)19(17)24/h8-9,14-15H,3-7,10-13H2,1-2H3. The van der Waals surface area contributed by atoms with E-state index in [1.165, 1.54) is 55.4 Å². The van der Waals surface area contributed by atoms with Crippen LogP contribution >= 0.6 is 0 Å². The first kappa shape index (κ1) is 16.8. The normalized spacial score (nSPS) is 24.6. The lowest BCUT2D eigenvalue weighted by Gasteiger charge is -2.48. The fraction of sp³-hybridized carbons (Fsp3) is 0.619. The molecule has 4 heteroatoms. The molecule has 0 unspecified atom stereocenters. The highest BCUT2D eigenvalue weighted by Crippen LogP contribution is 2.49. The molecule has 1 saturated heterocycles. The second-order valence-corrected chi connectivity index (χ2v) is 8.22. The number of fused-ring (bicyclic) bond motifs is 1. The van der Waals surface area contributed by atoms with E-state index in [9.17, 15) is 9.59 Å². The van der Waals surface area contributed by atoms with E-state index in [0.717, 1.165) is 24.7 Å². The van der Waals surface area contributed by atoms with Crippen molar-refractivity contribution in [1.29, 1.82) is 0 Å². The SMILES string of the molecule is CN1CCC(c2ccc3c(c2)N(C)C(=O)C3=O)(C2CCCCC2)CC1. The average Bonchev–Trinajstić information content (AvgIpc) is 2.87. The number of likely N-dealkylation sites (tertiary alicyclic amines) is 1. The van der Waals surface area contributed by atoms with Gasteiger partial charge in [-0.3, -0.25) is 9.59 Å². The molecule has 25 heavy (non-hydrogen) atoms. The quantitative estimate of drug-likeness (QED) is 0.775. The minimum atomic E-state index is -0.401. The number of Topliss-reactive ketones (excluding diaryl/α,β-unsaturated/α-hetero) is 1. The predicted octanol–water partition coefficient (Wildman–Crippen LogP) is 3.39. The van der Waals surface area contributed by atoms with Gasteiger partial charge in [-0.05, 0) is 69.4 Å². The second-order valence-electron chi connectivity index (χ2n) is 8.22. The van der Waals surface area contributed by atoms with Gasteiger partial charge < -0.3 is 9.80 Å². The Morgan fingerprint density at radius 2 is 1.68 bits per heavy atom. The zero-order chi connectivity index (χ0) is 17.6. The van der Waals surface area contributed by atoms with Gasteiger partial charge in [0.25, 0.3) is 11.7 Å². The number of rotatable bonds is 2. The van der Waals surface area contributed by atoms with Crippen LogP contribution in [0.3, 0.4) is 0 Å². The lowest BCUT2D eigenvalue weighted by atomic mass is 9.60. The summed E-state index contributed by atoms with van der Waals surface area (Å²) < 4.78 is 0. The zero-order valence-corrected chi connectivity index (χ0v) is 15.4. The van der Waals surface area contributed by atoms with E-state index < -0.39 is 5.91 Å². The molecule has 0 radical (unpaired) electrons. The number of piperidine rings is 1. The Morgan fingerprint density at radius 1 is 1.00 bits per heavy atom. The molecule has 134 valence electrons. The molecule has 1 aliphatic carbocycles. The van der Waals surface area contributed by atoms with E-state index in [1.54, 1.807) is 7.05 Å². The summed E-state index contributed by atoms with van der Waals surface area (Å²) in [6, 6.07) is 6.19. The van der Waals surface area contributed by atoms with E-state index in [0.29, 0.717) is 5.56 Å². The maximum Gasteiger partial charge on any atom is 0.299 e. The van der Waals surface area contributed by atoms with Crippen molar-refractivity contribution >= 4 is 17.4 Å². The number of likely N-dealkylation sites (N-methyl/N-ethyl adjacent to an activating group) is 1. The maximum absolute atomic E-state index is 12.1. The molecule has 4 nitrogen and oxygen atoms in total. The first-order chi connectivity index (χ1) is 12.0. The summed E-state index contributed by atoms with van der Waals surface area (Å²) in [6.45, 7) is 2.25. The molecular weight excluding hydrogens is 312 g/mol. The number of hydrogen-bond acceptors (Lipinski definition) is 3. The summed E-state index contributed by atoms with van der Waals surface area (Å²) >= 11 is 0. The van der Waals surface area contributed by atoms with Crippen LogP contribution in [-0.4, -0.2) is 43.8 Å². The van der Waals surface area contributed by atoms with Crippen molar-refractivity contribution in [3.8, 4) is 0 Å². The Balaban J connectivity index is 1.76. The lowest BCUT2D eigenvalue weighted by molar-refractivity contribution is -0.114. The lowest BCUT2D eigenvalue weighted by Crippen LogP contribution is -2.46. The van der Waals surface area contributed by atoms with Gasteiger partial charge in [0.1, 0.15) is 0 Å². The van der Waals surface area contributed by atoms with Gasteiger partial charge in [0.05, 0.1) is 11.3 Å². The van der Waals surface area contributed by atoms with Crippen molar-refractivity contribution in [2.75, 3.05) is 32.1 Å². The number of hydrogen-bond donors (Lipinski definition) is 0. The molecule has 0 bridgehead atoms. The van der Waals surface area contributed by atoms with Crippen molar-refractivity contribution in [3.05, 3.63) is 29.3 Å². The van der Waals surface area contributed by atoms with Crippen molar-refractivity contribution < 1.29 is 9.59 Å². The summed E-state index contributed by atoms with van der Waals surface area (Å²) in [7, 11) is 3.93. The minimum Gasteiger partial charge on any atom is -0.308 e. The highest BCUT2D eigenvalue weighted by molar-refractivity contribution is 6.52. The smallest absolute Gasteiger partial charge is 0.299 e. The number of anilines is 1. The van der Waals surface area contributed by atoms with Crippen molar-refractivity contribution in [3.63, 3.8) is 0 Å². The molecule has 0 aromatic heterocycles. The first-order valence-electron chi connectivity index (χ1n) is 9.68. The van der Waals surface area contributed by atoms with Crippen molar-refractivity contribution in [2.24, 2.45) is 5.92 Å². The van der Waals surface area contributed by atoms with Crippen molar-refractivity contribution in [2.45, 2.75) is 50.4 Å². The number of benzene rings is 1. The third kappa shape index (κ3) is 2.62. The minimum absolute atomic E-state index is 0.206. The Morgan fingerprint density at radius 3 is 2.36 bits per heavy atom. The maximum atomic E-state index is 12.1. The van der Waals surface area contributed by atoms with Crippen LogP contribution in [0.5, 0.6) is 0 Å². The van der Waals surface area contributed by atoms with Gasteiger partial charge in [-0.1, -0.05) is 25.3 Å². The molecule has 1 amide bonds.